The molecule has 2 aromatic heterocycles. The third-order valence-electron chi connectivity index (χ3n) is 6.33. The molecule has 1 atom stereocenters. The second-order valence-corrected chi connectivity index (χ2v) is 8.68. The van der Waals surface area contributed by atoms with E-state index >= 15 is 0 Å². The first-order chi connectivity index (χ1) is 17.3. The lowest BCUT2D eigenvalue weighted by atomic mass is 10.1. The Morgan fingerprint density at radius 3 is 2.56 bits per heavy atom. The lowest BCUT2D eigenvalue weighted by molar-refractivity contribution is -0.137. The van der Waals surface area contributed by atoms with Crippen molar-refractivity contribution in [3.05, 3.63) is 107 Å². The van der Waals surface area contributed by atoms with Crippen molar-refractivity contribution in [1.29, 1.82) is 0 Å². The van der Waals surface area contributed by atoms with Crippen LogP contribution in [-0.4, -0.2) is 32.6 Å². The summed E-state index contributed by atoms with van der Waals surface area (Å²) in [5.41, 5.74) is 0.875. The number of halogens is 3. The van der Waals surface area contributed by atoms with Crippen molar-refractivity contribution in [1.82, 2.24) is 19.6 Å². The Kier molecular flexibility index (Phi) is 6.22. The van der Waals surface area contributed by atoms with Crippen molar-refractivity contribution in [2.75, 3.05) is 6.54 Å². The van der Waals surface area contributed by atoms with E-state index in [9.17, 15) is 22.8 Å². The number of nitrogens with zero attached hydrogens (tertiary/aromatic N) is 3. The number of hydrogen-bond acceptors (Lipinski definition) is 3. The number of amides is 2. The van der Waals surface area contributed by atoms with Crippen LogP contribution in [0.2, 0.25) is 0 Å². The average Bonchev–Trinajstić information content (AvgIpc) is 3.52. The number of pyridine rings is 1. The zero-order valence-electron chi connectivity index (χ0n) is 19.2. The Morgan fingerprint density at radius 1 is 1.00 bits per heavy atom. The van der Waals surface area contributed by atoms with E-state index in [0.717, 1.165) is 18.6 Å². The number of carbonyl (C=O) groups excluding carboxylic acids is 2. The molecule has 0 radical (unpaired) electrons. The van der Waals surface area contributed by atoms with E-state index in [-0.39, 0.29) is 24.2 Å². The molecule has 2 amide bonds. The highest BCUT2D eigenvalue weighted by Gasteiger charge is 2.35. The molecule has 184 valence electrons. The summed E-state index contributed by atoms with van der Waals surface area (Å²) in [6.45, 7) is 0.503. The number of nitrogens with one attached hydrogen (secondary N) is 1. The molecule has 2 aromatic carbocycles. The average molecular weight is 493 g/mol. The Balaban J connectivity index is 1.41. The summed E-state index contributed by atoms with van der Waals surface area (Å²) < 4.78 is 40.9. The zero-order valence-corrected chi connectivity index (χ0v) is 19.2. The van der Waals surface area contributed by atoms with Crippen molar-refractivity contribution in [2.24, 2.45) is 0 Å². The highest BCUT2D eigenvalue weighted by atomic mass is 19.4. The van der Waals surface area contributed by atoms with Crippen molar-refractivity contribution < 1.29 is 22.8 Å². The van der Waals surface area contributed by atoms with E-state index in [1.54, 1.807) is 39.8 Å². The number of likely N-dealkylation sites (tertiary alicyclic amines) is 1. The number of imidazole rings is 1. The molecule has 0 saturated carbocycles. The van der Waals surface area contributed by atoms with Gasteiger partial charge in [-0.1, -0.05) is 36.4 Å². The van der Waals surface area contributed by atoms with Crippen LogP contribution in [0.15, 0.2) is 79.0 Å². The quantitative estimate of drug-likeness (QED) is 0.413. The molecule has 1 aliphatic rings. The van der Waals surface area contributed by atoms with Crippen LogP contribution in [0.1, 0.15) is 56.7 Å². The number of benzene rings is 2. The maximum Gasteiger partial charge on any atom is 0.416 e. The molecule has 5 rings (SSSR count). The Morgan fingerprint density at radius 2 is 1.78 bits per heavy atom. The fourth-order valence-corrected chi connectivity index (χ4v) is 4.61. The van der Waals surface area contributed by atoms with E-state index in [2.05, 4.69) is 10.3 Å². The monoisotopic (exact) mass is 492 g/mol. The van der Waals surface area contributed by atoms with Gasteiger partial charge in [0, 0.05) is 24.8 Å². The van der Waals surface area contributed by atoms with Crippen molar-refractivity contribution in [2.45, 2.75) is 31.6 Å². The lowest BCUT2D eigenvalue weighted by Crippen LogP contribution is -2.31. The molecule has 1 N–H and O–H groups in total. The van der Waals surface area contributed by atoms with Crippen LogP contribution in [0.25, 0.3) is 5.52 Å². The van der Waals surface area contributed by atoms with Crippen LogP contribution >= 0.6 is 0 Å². The van der Waals surface area contributed by atoms with Gasteiger partial charge in [0.05, 0.1) is 17.1 Å². The predicted molar refractivity (Wildman–Crippen MR) is 127 cm³/mol. The summed E-state index contributed by atoms with van der Waals surface area (Å²) >= 11 is 0. The molecular weight excluding hydrogens is 469 g/mol. The number of hydrogen-bond donors (Lipinski definition) is 1. The van der Waals surface area contributed by atoms with Gasteiger partial charge in [0.15, 0.2) is 5.69 Å². The minimum absolute atomic E-state index is 0.0774. The molecule has 0 unspecified atom stereocenters. The van der Waals surface area contributed by atoms with Gasteiger partial charge in [-0.3, -0.25) is 9.59 Å². The molecule has 36 heavy (non-hydrogen) atoms. The predicted octanol–water partition coefficient (Wildman–Crippen LogP) is 5.26. The van der Waals surface area contributed by atoms with E-state index in [1.165, 1.54) is 12.1 Å². The van der Waals surface area contributed by atoms with Crippen LogP contribution < -0.4 is 5.32 Å². The highest BCUT2D eigenvalue weighted by Crippen LogP contribution is 2.34. The fraction of sp³-hybridized carbons (Fsp3) is 0.222. The number of carbonyl (C=O) groups is 2. The van der Waals surface area contributed by atoms with Crippen LogP contribution in [0.4, 0.5) is 13.2 Å². The highest BCUT2D eigenvalue weighted by molar-refractivity contribution is 5.99. The molecule has 1 fully saturated rings. The van der Waals surface area contributed by atoms with Gasteiger partial charge in [0.1, 0.15) is 5.82 Å². The van der Waals surface area contributed by atoms with Gasteiger partial charge in [-0.25, -0.2) is 4.98 Å². The van der Waals surface area contributed by atoms with Crippen molar-refractivity contribution in [3.63, 3.8) is 0 Å². The van der Waals surface area contributed by atoms with Gasteiger partial charge in [0.2, 0.25) is 0 Å². The van der Waals surface area contributed by atoms with Gasteiger partial charge in [-0.15, -0.1) is 0 Å². The molecule has 1 saturated heterocycles. The summed E-state index contributed by atoms with van der Waals surface area (Å²) in [6, 6.07) is 18.9. The smallest absolute Gasteiger partial charge is 0.347 e. The van der Waals surface area contributed by atoms with Crippen LogP contribution in [-0.2, 0) is 12.7 Å². The van der Waals surface area contributed by atoms with E-state index in [0.29, 0.717) is 35.4 Å². The molecule has 0 bridgehead atoms. The van der Waals surface area contributed by atoms with Gasteiger partial charge in [-0.05, 0) is 54.8 Å². The molecule has 0 spiro atoms. The first-order valence-corrected chi connectivity index (χ1v) is 11.6. The third-order valence-corrected chi connectivity index (χ3v) is 6.33. The number of alkyl halides is 3. The minimum Gasteiger partial charge on any atom is -0.347 e. The summed E-state index contributed by atoms with van der Waals surface area (Å²) in [5.74, 6) is -0.0146. The Labute approximate surface area is 205 Å². The first kappa shape index (κ1) is 23.6. The van der Waals surface area contributed by atoms with Crippen molar-refractivity contribution >= 4 is 17.3 Å². The van der Waals surface area contributed by atoms with E-state index in [1.807, 2.05) is 24.3 Å². The summed E-state index contributed by atoms with van der Waals surface area (Å²) in [4.78, 5) is 32.7. The normalized spacial score (nSPS) is 15.9. The van der Waals surface area contributed by atoms with Gasteiger partial charge < -0.3 is 14.6 Å². The van der Waals surface area contributed by atoms with Crippen molar-refractivity contribution in [3.8, 4) is 0 Å². The Hall–Kier alpha value is -4.14. The summed E-state index contributed by atoms with van der Waals surface area (Å²) in [6.07, 6.45) is -1.15. The summed E-state index contributed by atoms with van der Waals surface area (Å²) in [5, 5.41) is 2.69. The topological polar surface area (TPSA) is 66.7 Å². The largest absolute Gasteiger partial charge is 0.416 e. The van der Waals surface area contributed by atoms with Crippen LogP contribution in [0.3, 0.4) is 0 Å². The first-order valence-electron chi connectivity index (χ1n) is 11.6. The molecule has 3 heterocycles. The standard InChI is InChI=1S/C27H23F3N4O2/c28-27(29,30)20-11-6-8-18(16-20)17-31-25(35)23-21-12-4-5-14-33(21)24(32-23)22-13-7-15-34(22)26(36)19-9-2-1-3-10-19/h1-6,8-12,14,16,22H,7,13,15,17H2,(H,31,35)/t22-/m0/s1. The fourth-order valence-electron chi connectivity index (χ4n) is 4.61. The van der Waals surface area contributed by atoms with Crippen LogP contribution in [0.5, 0.6) is 0 Å². The maximum absolute atomic E-state index is 13.2. The lowest BCUT2D eigenvalue weighted by Gasteiger charge is -2.24. The van der Waals surface area contributed by atoms with Crippen LogP contribution in [0, 0.1) is 0 Å². The second-order valence-electron chi connectivity index (χ2n) is 8.68. The van der Waals surface area contributed by atoms with Gasteiger partial charge in [-0.2, -0.15) is 13.2 Å². The van der Waals surface area contributed by atoms with Gasteiger partial charge >= 0.3 is 6.18 Å². The molecule has 4 aromatic rings. The SMILES string of the molecule is O=C(NCc1cccc(C(F)(F)F)c1)c1nc([C@@H]2CCCN2C(=O)c2ccccc2)n2ccccc12. The maximum atomic E-state index is 13.2. The van der Waals surface area contributed by atoms with Gasteiger partial charge in [0.25, 0.3) is 11.8 Å². The number of aromatic nitrogens is 2. The minimum atomic E-state index is -4.46. The molecule has 0 aliphatic carbocycles. The molecule has 6 nitrogen and oxygen atoms in total. The third kappa shape index (κ3) is 4.56. The Bertz CT molecular complexity index is 1420. The molecule has 9 heteroatoms. The molecular formula is C27H23F3N4O2. The summed E-state index contributed by atoms with van der Waals surface area (Å²) in [7, 11) is 0. The zero-order chi connectivity index (χ0) is 25.3. The number of fused-ring (bicyclic) bond motifs is 1. The number of rotatable bonds is 5. The van der Waals surface area contributed by atoms with E-state index in [4.69, 9.17) is 0 Å². The second kappa shape index (κ2) is 9.49. The molecule has 1 aliphatic heterocycles. The van der Waals surface area contributed by atoms with E-state index < -0.39 is 17.6 Å².